The molecule has 2 aromatic rings. The zero-order valence-electron chi connectivity index (χ0n) is 16.2. The molecule has 1 aliphatic rings. The number of hydrogen-bond acceptors (Lipinski definition) is 4. The molecule has 1 N–H and O–H groups in total. The molecule has 0 aliphatic carbocycles. The molecule has 1 amide bonds. The zero-order valence-corrected chi connectivity index (χ0v) is 17.0. The fourth-order valence-electron chi connectivity index (χ4n) is 3.18. The fourth-order valence-corrected chi connectivity index (χ4v) is 4.88. The Hall–Kier alpha value is -2.59. The fraction of sp³-hybridized carbons (Fsp3) is 0.350. The Labute approximate surface area is 172 Å². The number of alkyl halides is 3. The van der Waals surface area contributed by atoms with Gasteiger partial charge >= 0.3 is 6.18 Å². The van der Waals surface area contributed by atoms with E-state index in [1.54, 1.807) is 0 Å². The molecule has 0 atom stereocenters. The quantitative estimate of drug-likeness (QED) is 0.744. The van der Waals surface area contributed by atoms with Crippen molar-refractivity contribution >= 4 is 15.9 Å². The van der Waals surface area contributed by atoms with E-state index in [1.807, 2.05) is 0 Å². The number of hydrogen-bond donors (Lipinski definition) is 1. The normalized spacial score (nSPS) is 15.2. The van der Waals surface area contributed by atoms with Crippen molar-refractivity contribution in [3.63, 3.8) is 0 Å². The van der Waals surface area contributed by atoms with Crippen LogP contribution in [0.15, 0.2) is 47.4 Å². The van der Waals surface area contributed by atoms with E-state index in [4.69, 9.17) is 4.74 Å². The van der Waals surface area contributed by atoms with Gasteiger partial charge in [0.05, 0.1) is 12.7 Å². The van der Waals surface area contributed by atoms with Crippen molar-refractivity contribution < 1.29 is 31.1 Å². The molecule has 0 saturated carbocycles. The number of nitrogens with one attached hydrogen (secondary N) is 1. The van der Waals surface area contributed by atoms with Crippen LogP contribution in [0, 0.1) is 0 Å². The topological polar surface area (TPSA) is 75.7 Å². The number of methoxy groups -OCH3 is 1. The molecule has 30 heavy (non-hydrogen) atoms. The van der Waals surface area contributed by atoms with E-state index in [0.29, 0.717) is 18.7 Å². The zero-order chi connectivity index (χ0) is 21.9. The van der Waals surface area contributed by atoms with Crippen LogP contribution in [0.5, 0.6) is 5.75 Å². The first-order valence-corrected chi connectivity index (χ1v) is 10.7. The highest BCUT2D eigenvalue weighted by Crippen LogP contribution is 2.30. The minimum atomic E-state index is -4.43. The van der Waals surface area contributed by atoms with Gasteiger partial charge in [-0.3, -0.25) is 4.79 Å². The van der Waals surface area contributed by atoms with Crippen molar-refractivity contribution in [2.24, 2.45) is 0 Å². The predicted octanol–water partition coefficient (Wildman–Crippen LogP) is 3.43. The summed E-state index contributed by atoms with van der Waals surface area (Å²) in [5.41, 5.74) is -0.181. The minimum Gasteiger partial charge on any atom is -0.495 e. The van der Waals surface area contributed by atoms with Gasteiger partial charge in [-0.05, 0) is 48.7 Å². The van der Waals surface area contributed by atoms with E-state index >= 15 is 0 Å². The number of rotatable bonds is 6. The highest BCUT2D eigenvalue weighted by molar-refractivity contribution is 7.89. The number of ether oxygens (including phenoxy) is 1. The largest absolute Gasteiger partial charge is 0.495 e. The maximum Gasteiger partial charge on any atom is 0.416 e. The van der Waals surface area contributed by atoms with E-state index in [0.717, 1.165) is 25.0 Å². The summed E-state index contributed by atoms with van der Waals surface area (Å²) in [4.78, 5) is 12.4. The third-order valence-corrected chi connectivity index (χ3v) is 6.76. The lowest BCUT2D eigenvalue weighted by Crippen LogP contribution is -2.29. The van der Waals surface area contributed by atoms with Crippen molar-refractivity contribution in [3.8, 4) is 5.75 Å². The summed E-state index contributed by atoms with van der Waals surface area (Å²) in [5.74, 6) is -0.406. The van der Waals surface area contributed by atoms with Gasteiger partial charge in [-0.2, -0.15) is 17.5 Å². The van der Waals surface area contributed by atoms with Crippen molar-refractivity contribution in [3.05, 3.63) is 59.2 Å². The van der Waals surface area contributed by atoms with Gasteiger partial charge in [0.2, 0.25) is 10.0 Å². The predicted molar refractivity (Wildman–Crippen MR) is 104 cm³/mol. The number of amides is 1. The lowest BCUT2D eigenvalue weighted by molar-refractivity contribution is -0.137. The Morgan fingerprint density at radius 3 is 2.30 bits per heavy atom. The summed E-state index contributed by atoms with van der Waals surface area (Å²) in [7, 11) is -2.45. The summed E-state index contributed by atoms with van der Waals surface area (Å²) in [5, 5.41) is 2.59. The molecule has 1 saturated heterocycles. The van der Waals surface area contributed by atoms with Gasteiger partial charge in [-0.15, -0.1) is 0 Å². The van der Waals surface area contributed by atoms with Crippen LogP contribution < -0.4 is 10.1 Å². The maximum absolute atomic E-state index is 12.9. The molecule has 2 aromatic carbocycles. The van der Waals surface area contributed by atoms with Crippen LogP contribution in [-0.2, 0) is 22.7 Å². The van der Waals surface area contributed by atoms with Gasteiger partial charge in [0.1, 0.15) is 10.6 Å². The van der Waals surface area contributed by atoms with Gasteiger partial charge in [0, 0.05) is 25.2 Å². The molecule has 0 radical (unpaired) electrons. The lowest BCUT2D eigenvalue weighted by Gasteiger charge is -2.18. The smallest absolute Gasteiger partial charge is 0.416 e. The molecule has 162 valence electrons. The Morgan fingerprint density at radius 2 is 1.73 bits per heavy atom. The highest BCUT2D eigenvalue weighted by atomic mass is 32.2. The van der Waals surface area contributed by atoms with Crippen molar-refractivity contribution in [2.45, 2.75) is 30.5 Å². The molecule has 6 nitrogen and oxygen atoms in total. The highest BCUT2D eigenvalue weighted by Gasteiger charge is 2.31. The molecule has 3 rings (SSSR count). The molecule has 0 unspecified atom stereocenters. The van der Waals surface area contributed by atoms with Crippen LogP contribution in [0.2, 0.25) is 0 Å². The van der Waals surface area contributed by atoms with Crippen LogP contribution >= 0.6 is 0 Å². The molecule has 0 bridgehead atoms. The average molecular weight is 442 g/mol. The van der Waals surface area contributed by atoms with Crippen LogP contribution in [0.25, 0.3) is 0 Å². The van der Waals surface area contributed by atoms with E-state index in [9.17, 15) is 26.4 Å². The number of benzene rings is 2. The molecule has 0 aromatic heterocycles. The summed E-state index contributed by atoms with van der Waals surface area (Å²) in [6, 6.07) is 8.54. The molecule has 10 heteroatoms. The first kappa shape index (κ1) is 22.1. The lowest BCUT2D eigenvalue weighted by atomic mass is 10.1. The van der Waals surface area contributed by atoms with Gasteiger partial charge in [0.25, 0.3) is 5.91 Å². The van der Waals surface area contributed by atoms with E-state index < -0.39 is 27.7 Å². The second-order valence-electron chi connectivity index (χ2n) is 6.85. The summed E-state index contributed by atoms with van der Waals surface area (Å²) < 4.78 is 70.2. The van der Waals surface area contributed by atoms with Gasteiger partial charge < -0.3 is 10.1 Å². The first-order valence-electron chi connectivity index (χ1n) is 9.25. The summed E-state index contributed by atoms with van der Waals surface area (Å²) >= 11 is 0. The number of nitrogens with zero attached hydrogens (tertiary/aromatic N) is 1. The molecule has 1 heterocycles. The second-order valence-corrected chi connectivity index (χ2v) is 8.76. The Bertz CT molecular complexity index is 1020. The number of carbonyl (C=O) groups excluding carboxylic acids is 1. The Balaban J connectivity index is 1.76. The van der Waals surface area contributed by atoms with E-state index in [2.05, 4.69) is 5.32 Å². The standard InChI is InChI=1S/C20H21F3N2O4S/c1-29-17-9-6-15(12-18(17)30(27,28)25-10-2-3-11-25)19(26)24-13-14-4-7-16(8-5-14)20(21,22)23/h4-9,12H,2-3,10-11,13H2,1H3,(H,24,26). The van der Waals surface area contributed by atoms with Crippen molar-refractivity contribution in [1.82, 2.24) is 9.62 Å². The summed E-state index contributed by atoms with van der Waals surface area (Å²) in [6.45, 7) is 0.822. The Kier molecular flexibility index (Phi) is 6.37. The monoisotopic (exact) mass is 442 g/mol. The summed E-state index contributed by atoms with van der Waals surface area (Å²) in [6.07, 6.45) is -2.88. The van der Waals surface area contributed by atoms with E-state index in [-0.39, 0.29) is 22.8 Å². The molecular formula is C20H21F3N2O4S. The van der Waals surface area contributed by atoms with Gasteiger partial charge in [-0.25, -0.2) is 8.42 Å². The van der Waals surface area contributed by atoms with Crippen LogP contribution in [0.3, 0.4) is 0 Å². The second kappa shape index (κ2) is 8.65. The van der Waals surface area contributed by atoms with Crippen LogP contribution in [0.1, 0.15) is 34.3 Å². The third-order valence-electron chi connectivity index (χ3n) is 4.84. The number of halogens is 3. The number of carbonyl (C=O) groups is 1. The number of sulfonamides is 1. The van der Waals surface area contributed by atoms with Crippen molar-refractivity contribution in [1.29, 1.82) is 0 Å². The van der Waals surface area contributed by atoms with Crippen LogP contribution in [-0.4, -0.2) is 38.8 Å². The average Bonchev–Trinajstić information content (AvgIpc) is 3.27. The van der Waals surface area contributed by atoms with Crippen LogP contribution in [0.4, 0.5) is 13.2 Å². The van der Waals surface area contributed by atoms with E-state index in [1.165, 1.54) is 41.7 Å². The third kappa shape index (κ3) is 4.76. The molecule has 0 spiro atoms. The molecular weight excluding hydrogens is 421 g/mol. The molecule has 1 aliphatic heterocycles. The first-order chi connectivity index (χ1) is 14.1. The minimum absolute atomic E-state index is 0.00277. The maximum atomic E-state index is 12.9. The molecule has 1 fully saturated rings. The van der Waals surface area contributed by atoms with Gasteiger partial charge in [-0.1, -0.05) is 12.1 Å². The van der Waals surface area contributed by atoms with Gasteiger partial charge in [0.15, 0.2) is 0 Å². The van der Waals surface area contributed by atoms with Crippen molar-refractivity contribution in [2.75, 3.05) is 20.2 Å². The Morgan fingerprint density at radius 1 is 1.10 bits per heavy atom. The SMILES string of the molecule is COc1ccc(C(=O)NCc2ccc(C(F)(F)F)cc2)cc1S(=O)(=O)N1CCCC1.